The van der Waals surface area contributed by atoms with Gasteiger partial charge in [0.1, 0.15) is 24.9 Å². The molecule has 4 N–H and O–H groups in total. The van der Waals surface area contributed by atoms with E-state index in [4.69, 9.17) is 9.84 Å². The first-order valence-electron chi connectivity index (χ1n) is 10.6. The third kappa shape index (κ3) is 14.1. The van der Waals surface area contributed by atoms with Crippen LogP contribution in [-0.4, -0.2) is 57.9 Å². The summed E-state index contributed by atoms with van der Waals surface area (Å²) in [5.41, 5.74) is 1.27. The second kappa shape index (κ2) is 15.9. The smallest absolute Gasteiger partial charge is 0.306 e. The lowest BCUT2D eigenvalue weighted by atomic mass is 9.94. The van der Waals surface area contributed by atoms with E-state index in [1.807, 2.05) is 6.08 Å². The van der Waals surface area contributed by atoms with Gasteiger partial charge in [-0.25, -0.2) is 0 Å². The van der Waals surface area contributed by atoms with Crippen molar-refractivity contribution in [1.82, 2.24) is 0 Å². The average molecular weight is 403 g/mol. The lowest BCUT2D eigenvalue weighted by molar-refractivity contribution is -0.152. The van der Waals surface area contributed by atoms with Gasteiger partial charge in [-0.2, -0.15) is 0 Å². The molecule has 4 atom stereocenters. The van der Waals surface area contributed by atoms with Crippen molar-refractivity contribution >= 4 is 5.97 Å². The van der Waals surface area contributed by atoms with E-state index in [0.717, 1.165) is 24.7 Å². The fourth-order valence-electron chi connectivity index (χ4n) is 3.00. The summed E-state index contributed by atoms with van der Waals surface area (Å²) >= 11 is 0. The fourth-order valence-corrected chi connectivity index (χ4v) is 3.00. The van der Waals surface area contributed by atoms with Crippen LogP contribution in [-0.2, 0) is 9.53 Å². The van der Waals surface area contributed by atoms with Crippen LogP contribution in [0.4, 0.5) is 0 Å². The molecule has 0 radical (unpaired) electrons. The van der Waals surface area contributed by atoms with Crippen LogP contribution in [0.5, 0.6) is 0 Å². The van der Waals surface area contributed by atoms with Crippen molar-refractivity contribution < 1.29 is 30.0 Å². The van der Waals surface area contributed by atoms with E-state index in [1.165, 1.54) is 31.3 Å². The molecule has 0 aromatic rings. The zero-order valence-corrected chi connectivity index (χ0v) is 18.1. The molecule has 0 heterocycles. The van der Waals surface area contributed by atoms with Gasteiger partial charge in [0.2, 0.25) is 0 Å². The van der Waals surface area contributed by atoms with Crippen molar-refractivity contribution in [2.45, 2.75) is 97.4 Å². The highest BCUT2D eigenvalue weighted by Gasteiger charge is 2.25. The van der Waals surface area contributed by atoms with Gasteiger partial charge >= 0.3 is 5.97 Å². The van der Waals surface area contributed by atoms with E-state index >= 15 is 0 Å². The van der Waals surface area contributed by atoms with Gasteiger partial charge in [0.15, 0.2) is 0 Å². The van der Waals surface area contributed by atoms with Crippen LogP contribution in [0.2, 0.25) is 0 Å². The van der Waals surface area contributed by atoms with Crippen LogP contribution >= 0.6 is 0 Å². The van der Waals surface area contributed by atoms with Crippen molar-refractivity contribution in [3.05, 3.63) is 11.6 Å². The zero-order chi connectivity index (χ0) is 21.5. The van der Waals surface area contributed by atoms with Gasteiger partial charge in [-0.1, -0.05) is 58.1 Å². The first-order chi connectivity index (χ1) is 13.2. The summed E-state index contributed by atoms with van der Waals surface area (Å²) in [5, 5.41) is 37.0. The third-order valence-corrected chi connectivity index (χ3v) is 4.98. The van der Waals surface area contributed by atoms with Gasteiger partial charge in [-0.3, -0.25) is 4.79 Å². The molecular formula is C22H42O6. The van der Waals surface area contributed by atoms with Gasteiger partial charge in [-0.15, -0.1) is 0 Å². The summed E-state index contributed by atoms with van der Waals surface area (Å²) in [4.78, 5) is 11.7. The highest BCUT2D eigenvalue weighted by atomic mass is 16.5. The van der Waals surface area contributed by atoms with E-state index in [0.29, 0.717) is 6.42 Å². The van der Waals surface area contributed by atoms with Crippen LogP contribution in [0, 0.1) is 11.8 Å². The number of hydrogen-bond donors (Lipinski definition) is 4. The van der Waals surface area contributed by atoms with Crippen LogP contribution < -0.4 is 0 Å². The second-order valence-corrected chi connectivity index (χ2v) is 8.40. The zero-order valence-electron chi connectivity index (χ0n) is 18.1. The predicted molar refractivity (Wildman–Crippen MR) is 111 cm³/mol. The van der Waals surface area contributed by atoms with E-state index in [2.05, 4.69) is 27.7 Å². The average Bonchev–Trinajstić information content (AvgIpc) is 2.64. The molecule has 0 fully saturated rings. The number of esters is 1. The predicted octanol–water partition coefficient (Wildman–Crippen LogP) is 2.96. The minimum Gasteiger partial charge on any atom is -0.463 e. The molecule has 166 valence electrons. The van der Waals surface area contributed by atoms with E-state index < -0.39 is 37.5 Å². The number of carbonyl (C=O) groups excluding carboxylic acids is 1. The molecule has 6 heteroatoms. The third-order valence-electron chi connectivity index (χ3n) is 4.98. The minimum atomic E-state index is -1.55. The van der Waals surface area contributed by atoms with Crippen molar-refractivity contribution in [2.24, 2.45) is 11.8 Å². The minimum absolute atomic E-state index is 0.203. The summed E-state index contributed by atoms with van der Waals surface area (Å²) < 4.78 is 4.90. The number of aliphatic hydroxyl groups excluding tert-OH is 4. The quantitative estimate of drug-likeness (QED) is 0.234. The van der Waals surface area contributed by atoms with E-state index in [9.17, 15) is 20.1 Å². The number of hydrogen-bond acceptors (Lipinski definition) is 6. The maximum absolute atomic E-state index is 11.7. The number of rotatable bonds is 16. The Morgan fingerprint density at radius 2 is 1.61 bits per heavy atom. The maximum Gasteiger partial charge on any atom is 0.306 e. The monoisotopic (exact) mass is 402 g/mol. The molecule has 0 aromatic heterocycles. The fraction of sp³-hybridized carbons (Fsp3) is 0.864. The van der Waals surface area contributed by atoms with Gasteiger partial charge in [0.25, 0.3) is 0 Å². The SMILES string of the molecule is CC(=CCCC(=O)OC[C@H](O)[C@@H](O)[C@H](O)CO)CCCC(C)CCCC(C)C. The molecular weight excluding hydrogens is 360 g/mol. The summed E-state index contributed by atoms with van der Waals surface area (Å²) in [6.07, 6.45) is 5.72. The standard InChI is InChI=1S/C22H42O6/c1-16(2)8-5-9-17(3)10-6-11-18(4)12-7-13-21(26)28-15-20(25)22(27)19(24)14-23/h12,16-17,19-20,22-25,27H,5-11,13-15H2,1-4H3/t17?,19-,20+,22+/m1/s1. The Hall–Kier alpha value is -0.950. The molecule has 0 spiro atoms. The maximum atomic E-state index is 11.7. The van der Waals surface area contributed by atoms with Crippen molar-refractivity contribution in [3.8, 4) is 0 Å². The molecule has 6 nitrogen and oxygen atoms in total. The normalized spacial score (nSPS) is 16.7. The van der Waals surface area contributed by atoms with Gasteiger partial charge in [0.05, 0.1) is 6.61 Å². The summed E-state index contributed by atoms with van der Waals surface area (Å²) in [5.74, 6) is 1.07. The molecule has 1 unspecified atom stereocenters. The van der Waals surface area contributed by atoms with E-state index in [-0.39, 0.29) is 6.42 Å². The van der Waals surface area contributed by atoms with Crippen LogP contribution in [0.15, 0.2) is 11.6 Å². The molecule has 28 heavy (non-hydrogen) atoms. The molecule has 0 aliphatic rings. The first kappa shape index (κ1) is 27.0. The molecule has 0 saturated heterocycles. The lowest BCUT2D eigenvalue weighted by Gasteiger charge is -2.21. The Kier molecular flexibility index (Phi) is 15.4. The summed E-state index contributed by atoms with van der Waals surface area (Å²) in [7, 11) is 0. The number of ether oxygens (including phenoxy) is 1. The summed E-state index contributed by atoms with van der Waals surface area (Å²) in [6.45, 7) is 7.84. The van der Waals surface area contributed by atoms with Crippen molar-refractivity contribution in [2.75, 3.05) is 13.2 Å². The molecule has 0 rings (SSSR count). The number of aliphatic hydroxyl groups is 4. The van der Waals surface area contributed by atoms with Gasteiger partial charge < -0.3 is 25.2 Å². The molecule has 0 aliphatic carbocycles. The van der Waals surface area contributed by atoms with Crippen LogP contribution in [0.25, 0.3) is 0 Å². The largest absolute Gasteiger partial charge is 0.463 e. The highest BCUT2D eigenvalue weighted by molar-refractivity contribution is 5.69. The van der Waals surface area contributed by atoms with E-state index in [1.54, 1.807) is 0 Å². The molecule has 0 saturated carbocycles. The lowest BCUT2D eigenvalue weighted by Crippen LogP contribution is -2.42. The first-order valence-corrected chi connectivity index (χ1v) is 10.6. The molecule has 0 amide bonds. The Balaban J connectivity index is 3.88. The number of allylic oxidation sites excluding steroid dienone is 2. The van der Waals surface area contributed by atoms with Gasteiger partial charge in [0, 0.05) is 6.42 Å². The Morgan fingerprint density at radius 3 is 2.21 bits per heavy atom. The van der Waals surface area contributed by atoms with Crippen LogP contribution in [0.1, 0.15) is 79.1 Å². The van der Waals surface area contributed by atoms with Gasteiger partial charge in [-0.05, 0) is 38.0 Å². The van der Waals surface area contributed by atoms with Crippen molar-refractivity contribution in [3.63, 3.8) is 0 Å². The summed E-state index contributed by atoms with van der Waals surface area (Å²) in [6, 6.07) is 0. The highest BCUT2D eigenvalue weighted by Crippen LogP contribution is 2.19. The molecule has 0 aliphatic heterocycles. The molecule has 0 bridgehead atoms. The Morgan fingerprint density at radius 1 is 0.964 bits per heavy atom. The topological polar surface area (TPSA) is 107 Å². The Bertz CT molecular complexity index is 435. The number of carbonyl (C=O) groups is 1. The Labute approximate surface area is 170 Å². The molecule has 0 aromatic carbocycles. The second-order valence-electron chi connectivity index (χ2n) is 8.40. The van der Waals surface area contributed by atoms with Crippen LogP contribution in [0.3, 0.4) is 0 Å². The van der Waals surface area contributed by atoms with Crippen molar-refractivity contribution in [1.29, 1.82) is 0 Å².